The summed E-state index contributed by atoms with van der Waals surface area (Å²) in [4.78, 5) is 8.83. The molecular formula is C16H19FN4. The number of halogens is 1. The Morgan fingerprint density at radius 2 is 2.05 bits per heavy atom. The predicted octanol–water partition coefficient (Wildman–Crippen LogP) is 4.02. The highest BCUT2D eigenvalue weighted by Crippen LogP contribution is 2.23. The van der Waals surface area contributed by atoms with Gasteiger partial charge in [-0.15, -0.1) is 0 Å². The molecule has 0 bridgehead atoms. The summed E-state index contributed by atoms with van der Waals surface area (Å²) >= 11 is 0. The molecule has 5 heteroatoms. The van der Waals surface area contributed by atoms with Crippen LogP contribution >= 0.6 is 0 Å². The number of aryl methyl sites for hydroxylation is 1. The molecule has 2 aromatic rings. The summed E-state index contributed by atoms with van der Waals surface area (Å²) in [5.41, 5.74) is 1.61. The van der Waals surface area contributed by atoms with Crippen molar-refractivity contribution in [3.05, 3.63) is 41.8 Å². The van der Waals surface area contributed by atoms with Crippen LogP contribution in [-0.2, 0) is 0 Å². The van der Waals surface area contributed by atoms with Crippen LogP contribution in [0.4, 0.5) is 21.8 Å². The first kappa shape index (κ1) is 13.8. The van der Waals surface area contributed by atoms with Crippen LogP contribution in [-0.4, -0.2) is 16.0 Å². The fourth-order valence-electron chi connectivity index (χ4n) is 2.59. The van der Waals surface area contributed by atoms with E-state index in [-0.39, 0.29) is 5.82 Å². The van der Waals surface area contributed by atoms with E-state index in [1.165, 1.54) is 37.8 Å². The van der Waals surface area contributed by atoms with Crippen molar-refractivity contribution in [2.45, 2.75) is 38.6 Å². The molecule has 1 aliphatic rings. The van der Waals surface area contributed by atoms with Gasteiger partial charge < -0.3 is 10.6 Å². The van der Waals surface area contributed by atoms with E-state index < -0.39 is 0 Å². The van der Waals surface area contributed by atoms with Gasteiger partial charge in [0.15, 0.2) is 0 Å². The normalized spacial score (nSPS) is 15.1. The predicted molar refractivity (Wildman–Crippen MR) is 82.3 cm³/mol. The minimum atomic E-state index is -0.268. The third kappa shape index (κ3) is 3.48. The third-order valence-corrected chi connectivity index (χ3v) is 3.75. The molecule has 0 saturated heterocycles. The van der Waals surface area contributed by atoms with Crippen LogP contribution in [0.25, 0.3) is 0 Å². The highest BCUT2D eigenvalue weighted by molar-refractivity contribution is 5.59. The average molecular weight is 286 g/mol. The topological polar surface area (TPSA) is 49.8 Å². The average Bonchev–Trinajstić information content (AvgIpc) is 2.95. The van der Waals surface area contributed by atoms with Crippen LogP contribution in [0, 0.1) is 12.7 Å². The van der Waals surface area contributed by atoms with E-state index in [0.29, 0.717) is 23.5 Å². The third-order valence-electron chi connectivity index (χ3n) is 3.75. The first-order valence-corrected chi connectivity index (χ1v) is 7.33. The van der Waals surface area contributed by atoms with Crippen LogP contribution in [0.1, 0.15) is 31.2 Å². The summed E-state index contributed by atoms with van der Waals surface area (Å²) in [7, 11) is 0. The molecule has 1 heterocycles. The monoisotopic (exact) mass is 286 g/mol. The smallest absolute Gasteiger partial charge is 0.224 e. The highest BCUT2D eigenvalue weighted by atomic mass is 19.1. The molecule has 0 unspecified atom stereocenters. The van der Waals surface area contributed by atoms with E-state index in [1.54, 1.807) is 12.3 Å². The summed E-state index contributed by atoms with van der Waals surface area (Å²) < 4.78 is 13.2. The van der Waals surface area contributed by atoms with E-state index in [2.05, 4.69) is 20.6 Å². The number of benzene rings is 1. The summed E-state index contributed by atoms with van der Waals surface area (Å²) in [6, 6.07) is 6.83. The molecule has 2 N–H and O–H groups in total. The molecule has 0 radical (unpaired) electrons. The van der Waals surface area contributed by atoms with Gasteiger partial charge in [-0.05, 0) is 38.0 Å². The van der Waals surface area contributed by atoms with Crippen LogP contribution in [0.3, 0.4) is 0 Å². The van der Waals surface area contributed by atoms with Gasteiger partial charge in [0, 0.05) is 23.5 Å². The van der Waals surface area contributed by atoms with E-state index >= 15 is 0 Å². The fraction of sp³-hybridized carbons (Fsp3) is 0.375. The van der Waals surface area contributed by atoms with Crippen LogP contribution in [0.15, 0.2) is 30.5 Å². The lowest BCUT2D eigenvalue weighted by Crippen LogP contribution is -2.17. The van der Waals surface area contributed by atoms with Crippen molar-refractivity contribution >= 4 is 17.5 Å². The summed E-state index contributed by atoms with van der Waals surface area (Å²) in [6.45, 7) is 1.93. The van der Waals surface area contributed by atoms with Gasteiger partial charge in [-0.3, -0.25) is 0 Å². The Morgan fingerprint density at radius 1 is 1.24 bits per heavy atom. The molecule has 1 aliphatic carbocycles. The van der Waals surface area contributed by atoms with E-state index in [9.17, 15) is 4.39 Å². The van der Waals surface area contributed by atoms with Gasteiger partial charge >= 0.3 is 0 Å². The molecule has 0 amide bonds. The van der Waals surface area contributed by atoms with Crippen molar-refractivity contribution in [1.82, 2.24) is 9.97 Å². The molecule has 1 aromatic carbocycles. The summed E-state index contributed by atoms with van der Waals surface area (Å²) in [5.74, 6) is 1.07. The second kappa shape index (κ2) is 6.08. The van der Waals surface area contributed by atoms with Gasteiger partial charge in [0.2, 0.25) is 5.95 Å². The Bertz CT molecular complexity index is 623. The van der Waals surface area contributed by atoms with Gasteiger partial charge in [-0.1, -0.05) is 18.9 Å². The maximum atomic E-state index is 13.2. The minimum Gasteiger partial charge on any atom is -0.351 e. The highest BCUT2D eigenvalue weighted by Gasteiger charge is 2.16. The van der Waals surface area contributed by atoms with Crippen molar-refractivity contribution < 1.29 is 4.39 Å². The molecule has 110 valence electrons. The Hall–Kier alpha value is -2.17. The second-order valence-electron chi connectivity index (χ2n) is 5.49. The van der Waals surface area contributed by atoms with Crippen molar-refractivity contribution in [1.29, 1.82) is 0 Å². The number of hydrogen-bond acceptors (Lipinski definition) is 4. The van der Waals surface area contributed by atoms with Gasteiger partial charge in [0.25, 0.3) is 0 Å². The van der Waals surface area contributed by atoms with Gasteiger partial charge in [0.05, 0.1) is 0 Å². The second-order valence-corrected chi connectivity index (χ2v) is 5.49. The van der Waals surface area contributed by atoms with E-state index in [1.807, 2.05) is 13.0 Å². The zero-order valence-electron chi connectivity index (χ0n) is 12.1. The van der Waals surface area contributed by atoms with Gasteiger partial charge in [-0.2, -0.15) is 4.98 Å². The number of rotatable bonds is 4. The van der Waals surface area contributed by atoms with Crippen molar-refractivity contribution in [2.75, 3.05) is 10.6 Å². The zero-order chi connectivity index (χ0) is 14.7. The Morgan fingerprint density at radius 3 is 2.81 bits per heavy atom. The summed E-state index contributed by atoms with van der Waals surface area (Å²) in [5, 5.41) is 6.52. The maximum absolute atomic E-state index is 13.2. The Balaban J connectivity index is 1.77. The zero-order valence-corrected chi connectivity index (χ0v) is 12.1. The molecule has 4 nitrogen and oxygen atoms in total. The molecular weight excluding hydrogens is 267 g/mol. The van der Waals surface area contributed by atoms with E-state index in [4.69, 9.17) is 0 Å². The lowest BCUT2D eigenvalue weighted by atomic mass is 10.2. The number of nitrogens with zero attached hydrogens (tertiary/aromatic N) is 2. The van der Waals surface area contributed by atoms with Crippen LogP contribution in [0.2, 0.25) is 0 Å². The molecule has 3 rings (SSSR count). The molecule has 1 fully saturated rings. The summed E-state index contributed by atoms with van der Waals surface area (Å²) in [6.07, 6.45) is 6.65. The SMILES string of the molecule is Cc1cnc(NC2CCCC2)nc1Nc1cccc(F)c1. The molecule has 1 saturated carbocycles. The number of nitrogens with one attached hydrogen (secondary N) is 2. The van der Waals surface area contributed by atoms with Crippen molar-refractivity contribution in [3.8, 4) is 0 Å². The standard InChI is InChI=1S/C16H19FN4/c1-11-10-18-16(20-13-6-2-3-7-13)21-15(11)19-14-8-4-5-12(17)9-14/h4-5,8-10,13H,2-3,6-7H2,1H3,(H2,18,19,20,21). The first-order chi connectivity index (χ1) is 10.2. The molecule has 1 aromatic heterocycles. The molecule has 21 heavy (non-hydrogen) atoms. The fourth-order valence-corrected chi connectivity index (χ4v) is 2.59. The number of aromatic nitrogens is 2. The minimum absolute atomic E-state index is 0.268. The molecule has 0 aliphatic heterocycles. The van der Waals surface area contributed by atoms with Crippen LogP contribution < -0.4 is 10.6 Å². The Kier molecular flexibility index (Phi) is 3.99. The first-order valence-electron chi connectivity index (χ1n) is 7.33. The van der Waals surface area contributed by atoms with Gasteiger partial charge in [0.1, 0.15) is 11.6 Å². The van der Waals surface area contributed by atoms with E-state index in [0.717, 1.165) is 5.56 Å². The lowest BCUT2D eigenvalue weighted by Gasteiger charge is -2.14. The molecule has 0 atom stereocenters. The number of hydrogen-bond donors (Lipinski definition) is 2. The van der Waals surface area contributed by atoms with Gasteiger partial charge in [-0.25, -0.2) is 9.37 Å². The Labute approximate surface area is 123 Å². The van der Waals surface area contributed by atoms with Crippen LogP contribution in [0.5, 0.6) is 0 Å². The quantitative estimate of drug-likeness (QED) is 0.891. The number of anilines is 3. The largest absolute Gasteiger partial charge is 0.351 e. The lowest BCUT2D eigenvalue weighted by molar-refractivity contribution is 0.628. The molecule has 0 spiro atoms. The van der Waals surface area contributed by atoms with Crippen molar-refractivity contribution in [2.24, 2.45) is 0 Å². The van der Waals surface area contributed by atoms with Crippen molar-refractivity contribution in [3.63, 3.8) is 0 Å². The maximum Gasteiger partial charge on any atom is 0.224 e.